The normalized spacial score (nSPS) is 16.2. The summed E-state index contributed by atoms with van der Waals surface area (Å²) in [6, 6.07) is 0. The highest BCUT2D eigenvalue weighted by Gasteiger charge is 2.20. The van der Waals surface area contributed by atoms with Gasteiger partial charge in [-0.2, -0.15) is 0 Å². The molecule has 2 unspecified atom stereocenters. The van der Waals surface area contributed by atoms with Crippen molar-refractivity contribution in [1.29, 1.82) is 0 Å². The van der Waals surface area contributed by atoms with Gasteiger partial charge in [-0.1, -0.05) is 26.2 Å². The minimum Gasteiger partial charge on any atom is -0.634 e. The first-order valence-corrected chi connectivity index (χ1v) is 6.74. The second-order valence-electron chi connectivity index (χ2n) is 5.00. The van der Waals surface area contributed by atoms with E-state index in [9.17, 15) is 15.2 Å². The van der Waals surface area contributed by atoms with Crippen LogP contribution >= 0.6 is 0 Å². The van der Waals surface area contributed by atoms with Crippen LogP contribution in [0.2, 0.25) is 0 Å². The summed E-state index contributed by atoms with van der Waals surface area (Å²) in [5, 5.41) is 23.2. The van der Waals surface area contributed by atoms with Crippen LogP contribution in [0.5, 0.6) is 0 Å². The Hall–Kier alpha value is -0.690. The molecule has 18 heavy (non-hydrogen) atoms. The first-order chi connectivity index (χ1) is 8.39. The van der Waals surface area contributed by atoms with Crippen LogP contribution in [0.4, 0.5) is 0 Å². The van der Waals surface area contributed by atoms with E-state index in [4.69, 9.17) is 5.73 Å². The summed E-state index contributed by atoms with van der Waals surface area (Å²) in [7, 11) is 1.45. The van der Waals surface area contributed by atoms with Gasteiger partial charge in [0.25, 0.3) is 5.91 Å². The first kappa shape index (κ1) is 17.3. The molecule has 0 aliphatic heterocycles. The van der Waals surface area contributed by atoms with E-state index in [1.165, 1.54) is 13.5 Å². The zero-order valence-corrected chi connectivity index (χ0v) is 11.6. The minimum absolute atomic E-state index is 0.0243. The third kappa shape index (κ3) is 9.35. The highest BCUT2D eigenvalue weighted by atomic mass is 16.5. The number of hydrogen-bond acceptors (Lipinski definition) is 3. The number of primary amides is 1. The number of carbonyl (C=O) groups excluding carboxylic acids is 1. The van der Waals surface area contributed by atoms with Crippen molar-refractivity contribution in [3.8, 4) is 0 Å². The smallest absolute Gasteiger partial charge is 0.272 e. The monoisotopic (exact) mass is 261 g/mol. The molecule has 0 aromatic heterocycles. The molecule has 1 amide bonds. The Morgan fingerprint density at radius 3 is 2.33 bits per heavy atom. The molecule has 2 atom stereocenters. The molecule has 0 heterocycles. The number of hydrogen-bond donors (Lipinski definition) is 2. The number of carbonyl (C=O) groups is 1. The maximum Gasteiger partial charge on any atom is 0.272 e. The lowest BCUT2D eigenvalue weighted by Crippen LogP contribution is -3.04. The molecule has 6 heteroatoms. The number of rotatable bonds is 11. The fourth-order valence-electron chi connectivity index (χ4n) is 1.92. The number of quaternary nitrogens is 2. The number of nitrogens with two attached hydrogens (primary N) is 1. The van der Waals surface area contributed by atoms with Crippen LogP contribution in [0.3, 0.4) is 0 Å². The minimum atomic E-state index is -0.652. The molecular weight excluding hydrogens is 234 g/mol. The fraction of sp³-hybridized carbons (Fsp3) is 0.917. The van der Waals surface area contributed by atoms with E-state index in [1.54, 1.807) is 0 Å². The molecule has 0 rings (SSSR count). The Labute approximate surface area is 109 Å². The molecule has 108 valence electrons. The van der Waals surface area contributed by atoms with Crippen molar-refractivity contribution in [2.45, 2.75) is 39.0 Å². The van der Waals surface area contributed by atoms with E-state index >= 15 is 0 Å². The Morgan fingerprint density at radius 2 is 1.83 bits per heavy atom. The topological polar surface area (TPSA) is 93.7 Å². The quantitative estimate of drug-likeness (QED) is 0.305. The molecule has 0 aromatic carbocycles. The van der Waals surface area contributed by atoms with Crippen LogP contribution in [0.15, 0.2) is 0 Å². The summed E-state index contributed by atoms with van der Waals surface area (Å²) in [5.41, 5.74) is 5.10. The lowest BCUT2D eigenvalue weighted by Gasteiger charge is -2.42. The highest BCUT2D eigenvalue weighted by Crippen LogP contribution is 2.09. The van der Waals surface area contributed by atoms with E-state index in [0.717, 1.165) is 25.7 Å². The molecule has 0 aliphatic carbocycles. The van der Waals surface area contributed by atoms with Crippen LogP contribution in [0.25, 0.3) is 0 Å². The predicted molar refractivity (Wildman–Crippen MR) is 71.3 cm³/mol. The Balaban J connectivity index is 4.07. The van der Waals surface area contributed by atoms with Crippen LogP contribution in [-0.2, 0) is 4.79 Å². The van der Waals surface area contributed by atoms with Crippen LogP contribution in [-0.4, -0.2) is 43.8 Å². The number of hydroxylamine groups is 5. The average molecular weight is 261 g/mol. The third-order valence-corrected chi connectivity index (χ3v) is 2.98. The van der Waals surface area contributed by atoms with Crippen molar-refractivity contribution in [3.63, 3.8) is 0 Å². The standard InChI is InChI=1S/C12H27N3O3/c1-3-4-5-6-7-9-15(18,11-12(13)16)10-8-14(2)17/h14H,3-11H2,1-2H3,(H2,13,16). The van der Waals surface area contributed by atoms with E-state index in [1.807, 2.05) is 0 Å². The Bertz CT molecular complexity index is 237. The molecule has 0 saturated heterocycles. The zero-order valence-electron chi connectivity index (χ0n) is 11.6. The van der Waals surface area contributed by atoms with Gasteiger partial charge in [-0.15, -0.1) is 0 Å². The second-order valence-corrected chi connectivity index (χ2v) is 5.00. The van der Waals surface area contributed by atoms with E-state index in [2.05, 4.69) is 6.92 Å². The van der Waals surface area contributed by atoms with Crippen LogP contribution in [0, 0.1) is 10.4 Å². The number of unbranched alkanes of at least 4 members (excludes halogenated alkanes) is 4. The molecule has 6 nitrogen and oxygen atoms in total. The van der Waals surface area contributed by atoms with Crippen molar-refractivity contribution in [3.05, 3.63) is 10.4 Å². The number of amides is 1. The SMILES string of the molecule is CCCCCCC[N+]([O-])(CC[NH+](C)[O-])CC(N)=O. The van der Waals surface area contributed by atoms with E-state index in [0.29, 0.717) is 6.54 Å². The summed E-state index contributed by atoms with van der Waals surface area (Å²) >= 11 is 0. The van der Waals surface area contributed by atoms with Crippen LogP contribution in [0.1, 0.15) is 39.0 Å². The molecule has 0 aliphatic rings. The maximum absolute atomic E-state index is 12.3. The van der Waals surface area contributed by atoms with E-state index < -0.39 is 10.6 Å². The maximum atomic E-state index is 12.3. The van der Waals surface area contributed by atoms with Crippen LogP contribution < -0.4 is 10.8 Å². The molecule has 0 bridgehead atoms. The van der Waals surface area contributed by atoms with Crippen molar-refractivity contribution < 1.29 is 14.5 Å². The van der Waals surface area contributed by atoms with Crippen molar-refractivity contribution in [1.82, 2.24) is 0 Å². The highest BCUT2D eigenvalue weighted by molar-refractivity contribution is 5.74. The number of likely N-dealkylation sites (N-methyl/N-ethyl adjacent to an activating group) is 1. The van der Waals surface area contributed by atoms with Crippen molar-refractivity contribution in [2.75, 3.05) is 33.2 Å². The van der Waals surface area contributed by atoms with Crippen molar-refractivity contribution in [2.24, 2.45) is 5.73 Å². The van der Waals surface area contributed by atoms with Gasteiger partial charge in [0.05, 0.1) is 13.6 Å². The summed E-state index contributed by atoms with van der Waals surface area (Å²) in [6.45, 7) is 2.66. The lowest BCUT2D eigenvalue weighted by atomic mass is 10.1. The van der Waals surface area contributed by atoms with Gasteiger partial charge in [-0.05, 0) is 12.8 Å². The molecule has 0 aromatic rings. The molecule has 0 spiro atoms. The lowest BCUT2D eigenvalue weighted by molar-refractivity contribution is -0.912. The largest absolute Gasteiger partial charge is 0.634 e. The molecule has 0 fully saturated rings. The summed E-state index contributed by atoms with van der Waals surface area (Å²) in [6.07, 6.45) is 5.22. The number of nitrogens with one attached hydrogen (secondary N) is 1. The second kappa shape index (κ2) is 9.27. The zero-order chi connectivity index (χ0) is 14.0. The van der Waals surface area contributed by atoms with Crippen molar-refractivity contribution >= 4 is 5.91 Å². The predicted octanol–water partition coefficient (Wildman–Crippen LogP) is -0.231. The summed E-state index contributed by atoms with van der Waals surface area (Å²) < 4.78 is -0.652. The van der Waals surface area contributed by atoms with Gasteiger partial charge in [0.15, 0.2) is 6.54 Å². The van der Waals surface area contributed by atoms with E-state index in [-0.39, 0.29) is 24.7 Å². The summed E-state index contributed by atoms with van der Waals surface area (Å²) in [4.78, 5) is 10.9. The molecule has 3 N–H and O–H groups in total. The fourth-order valence-corrected chi connectivity index (χ4v) is 1.92. The van der Waals surface area contributed by atoms with Gasteiger partial charge in [0, 0.05) is 0 Å². The van der Waals surface area contributed by atoms with Gasteiger partial charge in [0.2, 0.25) is 0 Å². The Kier molecular flexibility index (Phi) is 8.91. The average Bonchev–Trinajstić information content (AvgIpc) is 2.25. The van der Waals surface area contributed by atoms with Gasteiger partial charge in [-0.3, -0.25) is 4.79 Å². The molecule has 0 radical (unpaired) electrons. The molecular formula is C12H27N3O3. The first-order valence-electron chi connectivity index (χ1n) is 6.74. The molecule has 0 saturated carbocycles. The van der Waals surface area contributed by atoms with Gasteiger partial charge in [0.1, 0.15) is 13.1 Å². The number of nitrogens with zero attached hydrogens (tertiary/aromatic N) is 1. The van der Waals surface area contributed by atoms with Gasteiger partial charge >= 0.3 is 0 Å². The third-order valence-electron chi connectivity index (χ3n) is 2.98. The Morgan fingerprint density at radius 1 is 1.22 bits per heavy atom. The van der Waals surface area contributed by atoms with Gasteiger partial charge < -0.3 is 25.9 Å². The van der Waals surface area contributed by atoms with Gasteiger partial charge in [-0.25, -0.2) is 0 Å². The summed E-state index contributed by atoms with van der Waals surface area (Å²) in [5.74, 6) is -0.595.